The van der Waals surface area contributed by atoms with Crippen LogP contribution in [0.2, 0.25) is 0 Å². The molecule has 92 valence electrons. The van der Waals surface area contributed by atoms with E-state index in [2.05, 4.69) is 10.2 Å². The first-order valence-electron chi connectivity index (χ1n) is 5.35. The van der Waals surface area contributed by atoms with Gasteiger partial charge in [-0.3, -0.25) is 4.79 Å². The van der Waals surface area contributed by atoms with Crippen molar-refractivity contribution in [2.24, 2.45) is 0 Å². The topological polar surface area (TPSA) is 52.6 Å². The van der Waals surface area contributed by atoms with Crippen molar-refractivity contribution in [2.75, 3.05) is 26.2 Å². The molecule has 0 unspecified atom stereocenters. The maximum Gasteiger partial charge on any atom is 0.319 e. The molecule has 2 N–H and O–H groups in total. The lowest BCUT2D eigenvalue weighted by Crippen LogP contribution is -2.36. The van der Waals surface area contributed by atoms with E-state index in [1.165, 1.54) is 11.8 Å². The number of hydrogen-bond donors (Lipinski definition) is 2. The normalized spacial score (nSPS) is 18.0. The van der Waals surface area contributed by atoms with Crippen molar-refractivity contribution in [1.82, 2.24) is 10.2 Å². The minimum absolute atomic E-state index is 0.691. The second kappa shape index (κ2) is 5.84. The lowest BCUT2D eigenvalue weighted by Gasteiger charge is -2.27. The van der Waals surface area contributed by atoms with Gasteiger partial charge in [-0.2, -0.15) is 0 Å². The van der Waals surface area contributed by atoms with Gasteiger partial charge in [0.05, 0.1) is 0 Å². The van der Waals surface area contributed by atoms with Crippen molar-refractivity contribution in [3.05, 3.63) is 0 Å². The average Bonchev–Trinajstić information content (AvgIpc) is 2.44. The van der Waals surface area contributed by atoms with E-state index in [1.807, 2.05) is 0 Å². The van der Waals surface area contributed by atoms with Crippen LogP contribution in [0.3, 0.4) is 0 Å². The van der Waals surface area contributed by atoms with Gasteiger partial charge >= 0.3 is 5.97 Å². The van der Waals surface area contributed by atoms with E-state index in [9.17, 15) is 4.79 Å². The molecule has 16 heavy (non-hydrogen) atoms. The number of rotatable bonds is 2. The van der Waals surface area contributed by atoms with E-state index >= 15 is 0 Å². The fourth-order valence-corrected chi connectivity index (χ4v) is 3.00. The van der Waals surface area contributed by atoms with Crippen molar-refractivity contribution >= 4 is 34.3 Å². The summed E-state index contributed by atoms with van der Waals surface area (Å²) in [5, 5.41) is 12.3. The summed E-state index contributed by atoms with van der Waals surface area (Å²) in [6.45, 7) is 7.06. The van der Waals surface area contributed by atoms with Gasteiger partial charge in [0.15, 0.2) is 0 Å². The van der Waals surface area contributed by atoms with Crippen molar-refractivity contribution in [3.8, 4) is 0 Å². The summed E-state index contributed by atoms with van der Waals surface area (Å²) in [7, 11) is 0. The van der Waals surface area contributed by atoms with E-state index in [4.69, 9.17) is 17.3 Å². The zero-order valence-corrected chi connectivity index (χ0v) is 11.3. The third-order valence-electron chi connectivity index (χ3n) is 2.46. The van der Waals surface area contributed by atoms with Gasteiger partial charge in [-0.1, -0.05) is 24.0 Å². The third kappa shape index (κ3) is 3.92. The molecule has 0 aromatic rings. The SMILES string of the molecule is CC(C)(SC(=S)N1CCCNCC1)C(=O)O. The van der Waals surface area contributed by atoms with Crippen LogP contribution in [0.1, 0.15) is 20.3 Å². The van der Waals surface area contributed by atoms with E-state index in [0.29, 0.717) is 4.32 Å². The summed E-state index contributed by atoms with van der Waals surface area (Å²) >= 11 is 6.56. The molecule has 1 heterocycles. The predicted octanol–water partition coefficient (Wildman–Crippen LogP) is 1.16. The van der Waals surface area contributed by atoms with Crippen LogP contribution < -0.4 is 5.32 Å². The maximum absolute atomic E-state index is 11.0. The van der Waals surface area contributed by atoms with Gasteiger partial charge in [0.2, 0.25) is 0 Å². The summed E-state index contributed by atoms with van der Waals surface area (Å²) < 4.78 is -0.160. The summed E-state index contributed by atoms with van der Waals surface area (Å²) in [6, 6.07) is 0. The number of carboxylic acid groups (broad SMARTS) is 1. The van der Waals surface area contributed by atoms with Crippen molar-refractivity contribution in [3.63, 3.8) is 0 Å². The molecule has 0 amide bonds. The number of carbonyl (C=O) groups is 1. The first-order chi connectivity index (χ1) is 7.43. The van der Waals surface area contributed by atoms with Crippen LogP contribution >= 0.6 is 24.0 Å². The Labute approximate surface area is 106 Å². The van der Waals surface area contributed by atoms with E-state index < -0.39 is 10.7 Å². The van der Waals surface area contributed by atoms with Crippen LogP contribution in [-0.2, 0) is 4.79 Å². The highest BCUT2D eigenvalue weighted by atomic mass is 32.2. The Bertz CT molecular complexity index is 274. The first-order valence-corrected chi connectivity index (χ1v) is 6.58. The second-order valence-corrected chi connectivity index (χ2v) is 6.53. The number of thioether (sulfide) groups is 1. The average molecular weight is 262 g/mol. The third-order valence-corrected chi connectivity index (χ3v) is 4.08. The van der Waals surface area contributed by atoms with Crippen LogP contribution in [0.25, 0.3) is 0 Å². The van der Waals surface area contributed by atoms with Gasteiger partial charge in [0.1, 0.15) is 9.07 Å². The molecule has 0 aromatic carbocycles. The molecular formula is C10H18N2O2S2. The summed E-state index contributed by atoms with van der Waals surface area (Å²) in [4.78, 5) is 13.1. The molecule has 0 spiro atoms. The number of carboxylic acids is 1. The number of aliphatic carboxylic acids is 1. The number of nitrogens with one attached hydrogen (secondary N) is 1. The molecule has 1 fully saturated rings. The quantitative estimate of drug-likeness (QED) is 0.729. The highest BCUT2D eigenvalue weighted by Crippen LogP contribution is 2.27. The molecule has 1 aliphatic rings. The minimum atomic E-state index is -0.850. The highest BCUT2D eigenvalue weighted by molar-refractivity contribution is 8.24. The van der Waals surface area contributed by atoms with Crippen LogP contribution in [0.15, 0.2) is 0 Å². The lowest BCUT2D eigenvalue weighted by atomic mass is 10.2. The van der Waals surface area contributed by atoms with E-state index in [-0.39, 0.29) is 0 Å². The van der Waals surface area contributed by atoms with Crippen LogP contribution in [0.5, 0.6) is 0 Å². The maximum atomic E-state index is 11.0. The number of hydrogen-bond acceptors (Lipinski definition) is 4. The Morgan fingerprint density at radius 3 is 2.75 bits per heavy atom. The predicted molar refractivity (Wildman–Crippen MR) is 71.0 cm³/mol. The first kappa shape index (κ1) is 13.7. The molecule has 0 aliphatic carbocycles. The summed E-state index contributed by atoms with van der Waals surface area (Å²) in [5.74, 6) is -0.826. The molecule has 0 radical (unpaired) electrons. The number of thiocarbonyl (C=S) groups is 1. The Kier molecular flexibility index (Phi) is 5.01. The fraction of sp³-hybridized carbons (Fsp3) is 0.800. The molecular weight excluding hydrogens is 244 g/mol. The smallest absolute Gasteiger partial charge is 0.319 e. The molecule has 0 saturated carbocycles. The minimum Gasteiger partial charge on any atom is -0.480 e. The molecule has 1 aliphatic heterocycles. The Balaban J connectivity index is 2.53. The fourth-order valence-electron chi connectivity index (χ4n) is 1.35. The zero-order chi connectivity index (χ0) is 12.2. The molecule has 4 nitrogen and oxygen atoms in total. The molecule has 0 bridgehead atoms. The van der Waals surface area contributed by atoms with Crippen molar-refractivity contribution in [1.29, 1.82) is 0 Å². The molecule has 6 heteroatoms. The standard InChI is InChI=1S/C10H18N2O2S2/c1-10(2,8(13)14)16-9(15)12-6-3-4-11-5-7-12/h11H,3-7H2,1-2H3,(H,13,14). The van der Waals surface area contributed by atoms with E-state index in [0.717, 1.165) is 32.6 Å². The molecule has 1 saturated heterocycles. The van der Waals surface area contributed by atoms with Gasteiger partial charge < -0.3 is 15.3 Å². The Morgan fingerprint density at radius 2 is 2.12 bits per heavy atom. The zero-order valence-electron chi connectivity index (χ0n) is 9.65. The van der Waals surface area contributed by atoms with Gasteiger partial charge in [-0.25, -0.2) is 0 Å². The van der Waals surface area contributed by atoms with Crippen molar-refractivity contribution < 1.29 is 9.90 Å². The van der Waals surface area contributed by atoms with Gasteiger partial charge in [0, 0.05) is 19.6 Å². The number of nitrogens with zero attached hydrogens (tertiary/aromatic N) is 1. The van der Waals surface area contributed by atoms with Gasteiger partial charge in [-0.15, -0.1) is 0 Å². The van der Waals surface area contributed by atoms with Crippen LogP contribution in [0.4, 0.5) is 0 Å². The van der Waals surface area contributed by atoms with Crippen molar-refractivity contribution in [2.45, 2.75) is 25.0 Å². The Hall–Kier alpha value is -0.330. The highest BCUT2D eigenvalue weighted by Gasteiger charge is 2.31. The van der Waals surface area contributed by atoms with Gasteiger partial charge in [-0.05, 0) is 26.8 Å². The lowest BCUT2D eigenvalue weighted by molar-refractivity contribution is -0.138. The summed E-state index contributed by atoms with van der Waals surface area (Å²) in [5.41, 5.74) is 0. The second-order valence-electron chi connectivity index (χ2n) is 4.27. The van der Waals surface area contributed by atoms with Gasteiger partial charge in [0.25, 0.3) is 0 Å². The molecule has 0 aromatic heterocycles. The largest absolute Gasteiger partial charge is 0.480 e. The molecule has 0 atom stereocenters. The Morgan fingerprint density at radius 1 is 1.44 bits per heavy atom. The van der Waals surface area contributed by atoms with Crippen LogP contribution in [0, 0.1) is 0 Å². The van der Waals surface area contributed by atoms with E-state index in [1.54, 1.807) is 13.8 Å². The monoisotopic (exact) mass is 262 g/mol. The summed E-state index contributed by atoms with van der Waals surface area (Å²) in [6.07, 6.45) is 1.05. The van der Waals surface area contributed by atoms with Crippen LogP contribution in [-0.4, -0.2) is 51.2 Å². The molecule has 1 rings (SSSR count).